The number of ether oxygens (including phenoxy) is 2. The summed E-state index contributed by atoms with van der Waals surface area (Å²) < 4.78 is 12.4. The van der Waals surface area contributed by atoms with Gasteiger partial charge >= 0.3 is 0 Å². The second-order valence-corrected chi connectivity index (χ2v) is 7.93. The van der Waals surface area contributed by atoms with Crippen LogP contribution in [-0.4, -0.2) is 60.2 Å². The number of aryl methyl sites for hydroxylation is 1. The molecule has 0 spiro atoms. The fraction of sp³-hybridized carbons (Fsp3) is 0.700. The summed E-state index contributed by atoms with van der Waals surface area (Å²) in [4.78, 5) is 18.5. The van der Waals surface area contributed by atoms with Crippen LogP contribution in [0.2, 0.25) is 0 Å². The summed E-state index contributed by atoms with van der Waals surface area (Å²) in [5.41, 5.74) is 8.75. The van der Waals surface area contributed by atoms with E-state index in [1.807, 2.05) is 0 Å². The van der Waals surface area contributed by atoms with Crippen LogP contribution in [0.15, 0.2) is 12.3 Å². The van der Waals surface area contributed by atoms with E-state index in [2.05, 4.69) is 22.9 Å². The van der Waals surface area contributed by atoms with Gasteiger partial charge in [-0.2, -0.15) is 0 Å². The number of nitrogens with two attached hydrogens (primary N) is 1. The van der Waals surface area contributed by atoms with Crippen LogP contribution in [0.4, 0.5) is 0 Å². The van der Waals surface area contributed by atoms with Crippen molar-refractivity contribution in [2.75, 3.05) is 19.8 Å². The molecule has 0 amide bonds. The van der Waals surface area contributed by atoms with E-state index >= 15 is 0 Å². The van der Waals surface area contributed by atoms with Gasteiger partial charge in [0.2, 0.25) is 5.88 Å². The number of aldehydes is 1. The highest BCUT2D eigenvalue weighted by atomic mass is 16.5. The van der Waals surface area contributed by atoms with Gasteiger partial charge in [0, 0.05) is 30.4 Å². The Morgan fingerprint density at radius 2 is 2.04 bits per heavy atom. The minimum atomic E-state index is -0.314. The molecule has 0 aromatic carbocycles. The highest BCUT2D eigenvalue weighted by Crippen LogP contribution is 2.39. The Hall–Kier alpha value is -1.50. The third kappa shape index (κ3) is 3.38. The molecule has 2 bridgehead atoms. The fourth-order valence-corrected chi connectivity index (χ4v) is 4.82. The molecule has 1 aliphatic carbocycles. The van der Waals surface area contributed by atoms with Gasteiger partial charge in [0.25, 0.3) is 0 Å². The van der Waals surface area contributed by atoms with Crippen molar-refractivity contribution in [3.8, 4) is 5.88 Å². The molecule has 142 valence electrons. The van der Waals surface area contributed by atoms with E-state index in [-0.39, 0.29) is 24.2 Å². The van der Waals surface area contributed by atoms with E-state index in [4.69, 9.17) is 15.2 Å². The number of hydrogen-bond donors (Lipinski definition) is 1. The number of carbonyl (C=O) groups is 1. The minimum absolute atomic E-state index is 0.0478. The minimum Gasteiger partial charge on any atom is -0.475 e. The fourth-order valence-electron chi connectivity index (χ4n) is 4.82. The molecule has 6 heteroatoms. The van der Waals surface area contributed by atoms with Gasteiger partial charge in [-0.05, 0) is 56.6 Å². The molecule has 4 heterocycles. The molecule has 1 unspecified atom stereocenters. The molecule has 2 fully saturated rings. The number of fused-ring (bicyclic) bond motifs is 5. The zero-order valence-electron chi connectivity index (χ0n) is 15.5. The Kier molecular flexibility index (Phi) is 5.25. The maximum Gasteiger partial charge on any atom is 0.217 e. The molecule has 0 radical (unpaired) electrons. The summed E-state index contributed by atoms with van der Waals surface area (Å²) in [6, 6.07) is 1.87. The van der Waals surface area contributed by atoms with Gasteiger partial charge in [0.05, 0.1) is 12.7 Å². The largest absolute Gasteiger partial charge is 0.475 e. The summed E-state index contributed by atoms with van der Waals surface area (Å²) in [6.45, 7) is 3.85. The molecule has 4 aliphatic rings. The molecule has 2 N–H and O–H groups in total. The Balaban J connectivity index is 1.66. The Bertz CT molecular complexity index is 645. The van der Waals surface area contributed by atoms with Crippen LogP contribution in [0.1, 0.15) is 49.1 Å². The maximum absolute atomic E-state index is 11.8. The number of hydrogen-bond acceptors (Lipinski definition) is 6. The normalized spacial score (nSPS) is 35.4. The van der Waals surface area contributed by atoms with Crippen molar-refractivity contribution >= 4 is 6.29 Å². The van der Waals surface area contributed by atoms with Gasteiger partial charge in [-0.3, -0.25) is 4.90 Å². The van der Waals surface area contributed by atoms with E-state index in [0.29, 0.717) is 25.0 Å². The van der Waals surface area contributed by atoms with Crippen LogP contribution in [0.25, 0.3) is 0 Å². The van der Waals surface area contributed by atoms with Gasteiger partial charge in [-0.25, -0.2) is 4.98 Å². The monoisotopic (exact) mass is 359 g/mol. The predicted molar refractivity (Wildman–Crippen MR) is 98.4 cm³/mol. The lowest BCUT2D eigenvalue weighted by Crippen LogP contribution is -2.50. The molecular weight excluding hydrogens is 330 g/mol. The molecule has 1 saturated carbocycles. The van der Waals surface area contributed by atoms with Gasteiger partial charge in [-0.1, -0.05) is 0 Å². The molecule has 1 aromatic heterocycles. The molecule has 3 atom stereocenters. The zero-order valence-corrected chi connectivity index (χ0v) is 15.5. The SMILES string of the molecule is Cc1ccnc2c1[C@H]1CC[C@H](CC1)OC[C@H]1[C@@H](N)CCN1C(C=O)CO2. The van der Waals surface area contributed by atoms with E-state index < -0.39 is 0 Å². The summed E-state index contributed by atoms with van der Waals surface area (Å²) in [5.74, 6) is 1.15. The number of rotatable bonds is 1. The number of nitrogens with zero attached hydrogens (tertiary/aromatic N) is 2. The summed E-state index contributed by atoms with van der Waals surface area (Å²) in [5, 5.41) is 0. The van der Waals surface area contributed by atoms with Crippen molar-refractivity contribution in [1.29, 1.82) is 0 Å². The highest BCUT2D eigenvalue weighted by molar-refractivity contribution is 5.58. The van der Waals surface area contributed by atoms with Crippen LogP contribution in [-0.2, 0) is 9.53 Å². The topological polar surface area (TPSA) is 77.7 Å². The second kappa shape index (κ2) is 7.62. The van der Waals surface area contributed by atoms with Gasteiger partial charge in [0.1, 0.15) is 18.9 Å². The van der Waals surface area contributed by atoms with Crippen LogP contribution in [0, 0.1) is 6.92 Å². The second-order valence-electron chi connectivity index (χ2n) is 7.93. The average Bonchev–Trinajstić information content (AvgIpc) is 3.02. The number of aromatic nitrogens is 1. The van der Waals surface area contributed by atoms with E-state index in [1.165, 1.54) is 11.1 Å². The molecule has 6 nitrogen and oxygen atoms in total. The molecular formula is C20H29N3O3. The lowest BCUT2D eigenvalue weighted by molar-refractivity contribution is -0.114. The summed E-state index contributed by atoms with van der Waals surface area (Å²) >= 11 is 0. The number of pyridine rings is 1. The molecule has 26 heavy (non-hydrogen) atoms. The summed E-state index contributed by atoms with van der Waals surface area (Å²) in [7, 11) is 0. The third-order valence-electron chi connectivity index (χ3n) is 6.37. The average molecular weight is 359 g/mol. The third-order valence-corrected chi connectivity index (χ3v) is 6.37. The summed E-state index contributed by atoms with van der Waals surface area (Å²) in [6.07, 6.45) is 8.24. The van der Waals surface area contributed by atoms with Crippen molar-refractivity contribution in [1.82, 2.24) is 9.88 Å². The van der Waals surface area contributed by atoms with Crippen LogP contribution in [0.5, 0.6) is 5.88 Å². The van der Waals surface area contributed by atoms with E-state index in [1.54, 1.807) is 6.20 Å². The Morgan fingerprint density at radius 3 is 2.81 bits per heavy atom. The highest BCUT2D eigenvalue weighted by Gasteiger charge is 2.38. The first-order valence-electron chi connectivity index (χ1n) is 9.84. The van der Waals surface area contributed by atoms with Gasteiger partial charge in [-0.15, -0.1) is 0 Å². The van der Waals surface area contributed by atoms with Crippen LogP contribution < -0.4 is 10.5 Å². The maximum atomic E-state index is 11.8. The van der Waals surface area contributed by atoms with E-state index in [0.717, 1.165) is 44.9 Å². The molecule has 1 aromatic rings. The van der Waals surface area contributed by atoms with Gasteiger partial charge in [0.15, 0.2) is 0 Å². The standard InChI is InChI=1S/C20H29N3O3/c1-13-6-8-22-20-19(13)14-2-4-16(5-3-14)25-12-18-17(21)7-9-23(18)15(10-24)11-26-20/h6,8,10,14-18H,2-5,7,9,11-12,21H2,1H3/t14-,15?,16+,17-,18-/m0/s1. The first-order chi connectivity index (χ1) is 12.7. The number of carbonyl (C=O) groups excluding carboxylic acids is 1. The van der Waals surface area contributed by atoms with Gasteiger partial charge < -0.3 is 20.0 Å². The van der Waals surface area contributed by atoms with Crippen LogP contribution in [0.3, 0.4) is 0 Å². The van der Waals surface area contributed by atoms with Crippen molar-refractivity contribution < 1.29 is 14.3 Å². The molecule has 5 rings (SSSR count). The first-order valence-corrected chi connectivity index (χ1v) is 9.84. The predicted octanol–water partition coefficient (Wildman–Crippen LogP) is 1.79. The zero-order chi connectivity index (χ0) is 18.1. The van der Waals surface area contributed by atoms with Crippen molar-refractivity contribution in [3.05, 3.63) is 23.4 Å². The van der Waals surface area contributed by atoms with Crippen molar-refractivity contribution in [2.24, 2.45) is 5.73 Å². The Labute approximate surface area is 155 Å². The smallest absolute Gasteiger partial charge is 0.217 e. The first kappa shape index (κ1) is 17.9. The van der Waals surface area contributed by atoms with Crippen molar-refractivity contribution in [2.45, 2.75) is 69.2 Å². The molecule has 3 aliphatic heterocycles. The molecule has 1 saturated heterocycles. The Morgan fingerprint density at radius 1 is 1.23 bits per heavy atom. The quantitative estimate of drug-likeness (QED) is 0.771. The van der Waals surface area contributed by atoms with Crippen LogP contribution >= 0.6 is 0 Å². The lowest BCUT2D eigenvalue weighted by atomic mass is 9.81. The van der Waals surface area contributed by atoms with E-state index in [9.17, 15) is 4.79 Å². The van der Waals surface area contributed by atoms with Crippen molar-refractivity contribution in [3.63, 3.8) is 0 Å². The lowest BCUT2D eigenvalue weighted by Gasteiger charge is -2.33.